The number of aryl methyl sites for hydroxylation is 1. The molecule has 0 aliphatic heterocycles. The summed E-state index contributed by atoms with van der Waals surface area (Å²) in [5.41, 5.74) is 3.17. The normalized spacial score (nSPS) is 10.9. The summed E-state index contributed by atoms with van der Waals surface area (Å²) in [4.78, 5) is 28.2. The van der Waals surface area contributed by atoms with E-state index in [4.69, 9.17) is 9.15 Å². The third-order valence-electron chi connectivity index (χ3n) is 4.84. The smallest absolute Gasteiger partial charge is 0.342 e. The minimum Gasteiger partial charge on any atom is -0.478 e. The number of ether oxygens (including phenoxy) is 1. The number of hydrogen-bond acceptors (Lipinski definition) is 5. The number of rotatable bonds is 4. The molecule has 7 heteroatoms. The number of aromatic carboxylic acids is 1. The number of fused-ring (bicyclic) bond motifs is 1. The second-order valence-electron chi connectivity index (χ2n) is 6.72. The molecule has 1 N–H and O–H groups in total. The van der Waals surface area contributed by atoms with Crippen molar-refractivity contribution in [2.45, 2.75) is 6.92 Å². The van der Waals surface area contributed by atoms with Crippen LogP contribution in [0.4, 0.5) is 4.39 Å². The molecule has 0 amide bonds. The van der Waals surface area contributed by atoms with Gasteiger partial charge in [0.05, 0.1) is 18.1 Å². The molecule has 2 aromatic carbocycles. The van der Waals surface area contributed by atoms with Gasteiger partial charge in [-0.3, -0.25) is 0 Å². The van der Waals surface area contributed by atoms with Gasteiger partial charge in [-0.1, -0.05) is 6.07 Å². The molecule has 0 saturated heterocycles. The van der Waals surface area contributed by atoms with Gasteiger partial charge in [0.2, 0.25) is 5.71 Å². The standard InChI is InChI=1S/C23H16FNO5/c1-12-3-4-14(22(26)27)9-17(12)15-10-18-19(23(28)29-2)20(30-21(18)25-11-15)13-5-7-16(24)8-6-13/h3-11H,1-2H3,(H,26,27). The molecule has 30 heavy (non-hydrogen) atoms. The number of furan rings is 1. The van der Waals surface area contributed by atoms with Gasteiger partial charge in [0.1, 0.15) is 11.4 Å². The van der Waals surface area contributed by atoms with Crippen molar-refractivity contribution >= 4 is 23.0 Å². The van der Waals surface area contributed by atoms with Crippen LogP contribution in [0.5, 0.6) is 0 Å². The first-order valence-electron chi connectivity index (χ1n) is 9.00. The van der Waals surface area contributed by atoms with Gasteiger partial charge in [0, 0.05) is 17.3 Å². The Balaban J connectivity index is 1.95. The number of benzene rings is 2. The average Bonchev–Trinajstić information content (AvgIpc) is 3.12. The first-order valence-corrected chi connectivity index (χ1v) is 9.00. The summed E-state index contributed by atoms with van der Waals surface area (Å²) in [6.45, 7) is 1.85. The van der Waals surface area contributed by atoms with Gasteiger partial charge in [0.25, 0.3) is 0 Å². The van der Waals surface area contributed by atoms with Gasteiger partial charge in [-0.05, 0) is 60.5 Å². The van der Waals surface area contributed by atoms with E-state index >= 15 is 0 Å². The van der Waals surface area contributed by atoms with E-state index in [2.05, 4.69) is 4.98 Å². The lowest BCUT2D eigenvalue weighted by Crippen LogP contribution is -2.02. The van der Waals surface area contributed by atoms with Gasteiger partial charge >= 0.3 is 11.9 Å². The Labute approximate surface area is 170 Å². The summed E-state index contributed by atoms with van der Waals surface area (Å²) < 4.78 is 24.1. The van der Waals surface area contributed by atoms with E-state index in [9.17, 15) is 19.1 Å². The molecule has 0 aliphatic rings. The Bertz CT molecular complexity index is 1290. The fourth-order valence-electron chi connectivity index (χ4n) is 3.31. The third kappa shape index (κ3) is 3.30. The number of halogens is 1. The molecule has 4 aromatic rings. The number of methoxy groups -OCH3 is 1. The van der Waals surface area contributed by atoms with Crippen LogP contribution in [-0.2, 0) is 4.74 Å². The van der Waals surface area contributed by atoms with Crippen LogP contribution < -0.4 is 0 Å². The number of hydrogen-bond donors (Lipinski definition) is 1. The van der Waals surface area contributed by atoms with Crippen LogP contribution in [0.15, 0.2) is 59.1 Å². The van der Waals surface area contributed by atoms with Crippen LogP contribution in [0.25, 0.3) is 33.6 Å². The molecule has 0 atom stereocenters. The van der Waals surface area contributed by atoms with E-state index in [0.29, 0.717) is 22.1 Å². The number of carboxylic acids is 1. The minimum atomic E-state index is -1.04. The number of carbonyl (C=O) groups excluding carboxylic acids is 1. The highest BCUT2D eigenvalue weighted by Crippen LogP contribution is 2.36. The van der Waals surface area contributed by atoms with E-state index in [1.807, 2.05) is 6.92 Å². The Morgan fingerprint density at radius 3 is 2.47 bits per heavy atom. The van der Waals surface area contributed by atoms with Crippen molar-refractivity contribution < 1.29 is 28.2 Å². The summed E-state index contributed by atoms with van der Waals surface area (Å²) in [5, 5.41) is 9.71. The van der Waals surface area contributed by atoms with Crippen molar-refractivity contribution in [2.75, 3.05) is 7.11 Å². The zero-order valence-corrected chi connectivity index (χ0v) is 16.1. The lowest BCUT2D eigenvalue weighted by Gasteiger charge is -2.07. The highest BCUT2D eigenvalue weighted by molar-refractivity contribution is 6.08. The molecule has 0 aliphatic carbocycles. The Hall–Kier alpha value is -4.00. The molecule has 0 radical (unpaired) electrons. The molecular weight excluding hydrogens is 389 g/mol. The van der Waals surface area contributed by atoms with Crippen LogP contribution in [0, 0.1) is 12.7 Å². The molecular formula is C23H16FNO5. The van der Waals surface area contributed by atoms with Gasteiger partial charge in [-0.2, -0.15) is 0 Å². The topological polar surface area (TPSA) is 89.6 Å². The van der Waals surface area contributed by atoms with E-state index in [1.54, 1.807) is 24.4 Å². The molecule has 2 heterocycles. The first-order chi connectivity index (χ1) is 14.4. The summed E-state index contributed by atoms with van der Waals surface area (Å²) in [5.74, 6) is -1.85. The van der Waals surface area contributed by atoms with Crippen molar-refractivity contribution in [1.29, 1.82) is 0 Å². The maximum absolute atomic E-state index is 13.3. The predicted octanol–water partition coefficient (Wildman–Crippen LogP) is 5.09. The molecule has 0 fully saturated rings. The van der Waals surface area contributed by atoms with Crippen molar-refractivity contribution in [1.82, 2.24) is 4.98 Å². The Morgan fingerprint density at radius 1 is 1.07 bits per heavy atom. The molecule has 0 bridgehead atoms. The van der Waals surface area contributed by atoms with Crippen LogP contribution in [0.2, 0.25) is 0 Å². The quantitative estimate of drug-likeness (QED) is 0.476. The maximum Gasteiger partial charge on any atom is 0.342 e. The second-order valence-corrected chi connectivity index (χ2v) is 6.72. The van der Waals surface area contributed by atoms with Gasteiger partial charge < -0.3 is 14.3 Å². The monoisotopic (exact) mass is 405 g/mol. The number of carboxylic acid groups (broad SMARTS) is 1. The van der Waals surface area contributed by atoms with Crippen molar-refractivity contribution in [3.05, 3.63) is 77.2 Å². The van der Waals surface area contributed by atoms with E-state index in [-0.39, 0.29) is 22.6 Å². The van der Waals surface area contributed by atoms with Crippen LogP contribution in [0.1, 0.15) is 26.3 Å². The zero-order valence-electron chi connectivity index (χ0n) is 16.1. The number of esters is 1. The lowest BCUT2D eigenvalue weighted by atomic mass is 9.98. The van der Waals surface area contributed by atoms with E-state index < -0.39 is 17.8 Å². The number of aromatic nitrogens is 1. The highest BCUT2D eigenvalue weighted by atomic mass is 19.1. The second kappa shape index (κ2) is 7.44. The van der Waals surface area contributed by atoms with Crippen LogP contribution in [0.3, 0.4) is 0 Å². The zero-order chi connectivity index (χ0) is 21.4. The van der Waals surface area contributed by atoms with E-state index in [0.717, 1.165) is 5.56 Å². The Morgan fingerprint density at radius 2 is 1.80 bits per heavy atom. The number of nitrogens with zero attached hydrogens (tertiary/aromatic N) is 1. The molecule has 6 nitrogen and oxygen atoms in total. The van der Waals surface area contributed by atoms with Crippen molar-refractivity contribution in [2.24, 2.45) is 0 Å². The Kier molecular flexibility index (Phi) is 4.79. The molecule has 0 saturated carbocycles. The average molecular weight is 405 g/mol. The largest absolute Gasteiger partial charge is 0.478 e. The molecule has 150 valence electrons. The van der Waals surface area contributed by atoms with E-state index in [1.165, 1.54) is 37.4 Å². The molecule has 0 unspecified atom stereocenters. The summed E-state index contributed by atoms with van der Waals surface area (Å²) >= 11 is 0. The first kappa shape index (κ1) is 19.3. The predicted molar refractivity (Wildman–Crippen MR) is 108 cm³/mol. The molecule has 4 rings (SSSR count). The summed E-state index contributed by atoms with van der Waals surface area (Å²) in [6, 6.07) is 12.0. The van der Waals surface area contributed by atoms with Gasteiger partial charge in [0.15, 0.2) is 5.76 Å². The number of carbonyl (C=O) groups is 2. The maximum atomic E-state index is 13.3. The fourth-order valence-corrected chi connectivity index (χ4v) is 3.31. The molecule has 0 spiro atoms. The van der Waals surface area contributed by atoms with Gasteiger partial charge in [-0.15, -0.1) is 0 Å². The van der Waals surface area contributed by atoms with Gasteiger partial charge in [-0.25, -0.2) is 19.0 Å². The van der Waals surface area contributed by atoms with Crippen LogP contribution >= 0.6 is 0 Å². The highest BCUT2D eigenvalue weighted by Gasteiger charge is 2.24. The van der Waals surface area contributed by atoms with Crippen molar-refractivity contribution in [3.63, 3.8) is 0 Å². The fraction of sp³-hybridized carbons (Fsp3) is 0.0870. The molecule has 2 aromatic heterocycles. The minimum absolute atomic E-state index is 0.142. The van der Waals surface area contributed by atoms with Crippen LogP contribution in [-0.4, -0.2) is 29.1 Å². The SMILES string of the molecule is COC(=O)c1c(-c2ccc(F)cc2)oc2ncc(-c3cc(C(=O)O)ccc3C)cc12. The number of pyridine rings is 1. The lowest BCUT2D eigenvalue weighted by molar-refractivity contribution is 0.0602. The van der Waals surface area contributed by atoms with Crippen molar-refractivity contribution in [3.8, 4) is 22.5 Å². The summed E-state index contributed by atoms with van der Waals surface area (Å²) in [7, 11) is 1.26. The third-order valence-corrected chi connectivity index (χ3v) is 4.84. The summed E-state index contributed by atoms with van der Waals surface area (Å²) in [6.07, 6.45) is 1.55.